The van der Waals surface area contributed by atoms with Crippen molar-refractivity contribution < 1.29 is 0 Å². The van der Waals surface area contributed by atoms with Gasteiger partial charge in [0, 0.05) is 38.6 Å². The third-order valence-electron chi connectivity index (χ3n) is 3.68. The monoisotopic (exact) mass is 247 g/mol. The van der Waals surface area contributed by atoms with Gasteiger partial charge in [-0.25, -0.2) is 0 Å². The minimum absolute atomic E-state index is 0.784. The second-order valence-corrected chi connectivity index (χ2v) is 5.60. The highest BCUT2D eigenvalue weighted by Crippen LogP contribution is 2.19. The Balaban J connectivity index is 1.87. The lowest BCUT2D eigenvalue weighted by atomic mass is 9.98. The quantitative estimate of drug-likeness (QED) is 0.882. The molecule has 1 heterocycles. The van der Waals surface area contributed by atoms with E-state index in [1.165, 1.54) is 37.3 Å². The highest BCUT2D eigenvalue weighted by molar-refractivity contribution is 5.57. The van der Waals surface area contributed by atoms with Crippen LogP contribution in [0.5, 0.6) is 0 Å². The van der Waals surface area contributed by atoms with E-state index in [4.69, 9.17) is 0 Å². The average Bonchev–Trinajstić information content (AvgIpc) is 2.37. The topological polar surface area (TPSA) is 18.5 Å². The molecule has 1 unspecified atom stereocenters. The summed E-state index contributed by atoms with van der Waals surface area (Å²) in [5, 5.41) is 3.58. The number of rotatable bonds is 4. The third kappa shape index (κ3) is 3.64. The van der Waals surface area contributed by atoms with E-state index >= 15 is 0 Å². The molecule has 1 saturated heterocycles. The van der Waals surface area contributed by atoms with E-state index in [-0.39, 0.29) is 0 Å². The summed E-state index contributed by atoms with van der Waals surface area (Å²) in [7, 11) is 6.38. The zero-order chi connectivity index (χ0) is 13.0. The first-order valence-electron chi connectivity index (χ1n) is 6.85. The van der Waals surface area contributed by atoms with E-state index in [1.807, 2.05) is 0 Å². The van der Waals surface area contributed by atoms with Crippen molar-refractivity contribution in [2.45, 2.75) is 12.8 Å². The summed E-state index contributed by atoms with van der Waals surface area (Å²) in [4.78, 5) is 4.58. The molecule has 1 fully saturated rings. The number of piperidine rings is 1. The largest absolute Gasteiger partial charge is 0.385 e. The summed E-state index contributed by atoms with van der Waals surface area (Å²) in [6.45, 7) is 3.56. The van der Waals surface area contributed by atoms with E-state index in [0.29, 0.717) is 0 Å². The lowest BCUT2D eigenvalue weighted by Gasteiger charge is -2.30. The molecule has 1 aliphatic heterocycles. The Bertz CT molecular complexity index is 376. The number of anilines is 2. The molecule has 1 aliphatic rings. The average molecular weight is 247 g/mol. The number of benzene rings is 1. The van der Waals surface area contributed by atoms with Crippen LogP contribution in [-0.2, 0) is 0 Å². The smallest absolute Gasteiger partial charge is 0.0381 e. The Labute approximate surface area is 111 Å². The van der Waals surface area contributed by atoms with Gasteiger partial charge in [-0.15, -0.1) is 0 Å². The SMILES string of the molecule is CN1CCCC(CNc2cccc(N(C)C)c2)C1. The van der Waals surface area contributed by atoms with Gasteiger partial charge in [-0.05, 0) is 50.6 Å². The Kier molecular flexibility index (Phi) is 4.48. The van der Waals surface area contributed by atoms with Crippen LogP contribution < -0.4 is 10.2 Å². The molecule has 1 aromatic rings. The van der Waals surface area contributed by atoms with Crippen molar-refractivity contribution >= 4 is 11.4 Å². The van der Waals surface area contributed by atoms with Crippen LogP contribution >= 0.6 is 0 Å². The molecule has 0 aliphatic carbocycles. The highest BCUT2D eigenvalue weighted by Gasteiger charge is 2.16. The minimum atomic E-state index is 0.784. The summed E-state index contributed by atoms with van der Waals surface area (Å²) >= 11 is 0. The van der Waals surface area contributed by atoms with Gasteiger partial charge in [-0.1, -0.05) is 6.07 Å². The second kappa shape index (κ2) is 6.10. The maximum Gasteiger partial charge on any atom is 0.0381 e. The molecule has 1 atom stereocenters. The summed E-state index contributed by atoms with van der Waals surface area (Å²) in [5.74, 6) is 0.784. The van der Waals surface area contributed by atoms with Crippen LogP contribution in [0.4, 0.5) is 11.4 Å². The van der Waals surface area contributed by atoms with Gasteiger partial charge in [0.05, 0.1) is 0 Å². The highest BCUT2D eigenvalue weighted by atomic mass is 15.1. The van der Waals surface area contributed by atoms with Gasteiger partial charge in [-0.3, -0.25) is 0 Å². The van der Waals surface area contributed by atoms with Crippen LogP contribution in [0, 0.1) is 5.92 Å². The van der Waals surface area contributed by atoms with Crippen molar-refractivity contribution in [3.05, 3.63) is 24.3 Å². The van der Waals surface area contributed by atoms with Gasteiger partial charge in [0.1, 0.15) is 0 Å². The van der Waals surface area contributed by atoms with Crippen molar-refractivity contribution in [2.75, 3.05) is 51.0 Å². The van der Waals surface area contributed by atoms with Gasteiger partial charge >= 0.3 is 0 Å². The Morgan fingerprint density at radius 1 is 1.39 bits per heavy atom. The van der Waals surface area contributed by atoms with E-state index in [2.05, 4.69) is 60.5 Å². The summed E-state index contributed by atoms with van der Waals surface area (Å²) in [5.41, 5.74) is 2.48. The molecule has 0 bridgehead atoms. The number of nitrogens with one attached hydrogen (secondary N) is 1. The fourth-order valence-corrected chi connectivity index (χ4v) is 2.60. The lowest BCUT2D eigenvalue weighted by Crippen LogP contribution is -2.35. The molecule has 1 N–H and O–H groups in total. The summed E-state index contributed by atoms with van der Waals surface area (Å²) < 4.78 is 0. The fraction of sp³-hybridized carbons (Fsp3) is 0.600. The first kappa shape index (κ1) is 13.2. The Morgan fingerprint density at radius 3 is 2.94 bits per heavy atom. The molecule has 0 amide bonds. The van der Waals surface area contributed by atoms with Crippen LogP contribution in [-0.4, -0.2) is 45.7 Å². The van der Waals surface area contributed by atoms with Gasteiger partial charge in [0.15, 0.2) is 0 Å². The van der Waals surface area contributed by atoms with Gasteiger partial charge < -0.3 is 15.1 Å². The van der Waals surface area contributed by atoms with Crippen molar-refractivity contribution in [1.29, 1.82) is 0 Å². The van der Waals surface area contributed by atoms with E-state index in [1.54, 1.807) is 0 Å². The molecule has 2 rings (SSSR count). The minimum Gasteiger partial charge on any atom is -0.385 e. The molecule has 0 radical (unpaired) electrons. The van der Waals surface area contributed by atoms with Crippen molar-refractivity contribution in [1.82, 2.24) is 4.90 Å². The molecular weight excluding hydrogens is 222 g/mol. The Morgan fingerprint density at radius 2 is 2.22 bits per heavy atom. The number of hydrogen-bond donors (Lipinski definition) is 1. The van der Waals surface area contributed by atoms with Gasteiger partial charge in [-0.2, -0.15) is 0 Å². The molecule has 0 saturated carbocycles. The standard InChI is InChI=1S/C15H25N3/c1-17(2)15-8-4-7-14(10-15)16-11-13-6-5-9-18(3)12-13/h4,7-8,10,13,16H,5-6,9,11-12H2,1-3H3. The van der Waals surface area contributed by atoms with Crippen molar-refractivity contribution in [3.63, 3.8) is 0 Å². The maximum atomic E-state index is 3.58. The normalized spacial score (nSPS) is 20.7. The van der Waals surface area contributed by atoms with Gasteiger partial charge in [0.25, 0.3) is 0 Å². The summed E-state index contributed by atoms with van der Waals surface area (Å²) in [6.07, 6.45) is 2.69. The van der Waals surface area contributed by atoms with Crippen LogP contribution in [0.25, 0.3) is 0 Å². The number of nitrogens with zero attached hydrogens (tertiary/aromatic N) is 2. The second-order valence-electron chi connectivity index (χ2n) is 5.60. The molecular formula is C15H25N3. The molecule has 18 heavy (non-hydrogen) atoms. The predicted molar refractivity (Wildman–Crippen MR) is 79.5 cm³/mol. The molecule has 1 aromatic carbocycles. The van der Waals surface area contributed by atoms with Crippen LogP contribution in [0.15, 0.2) is 24.3 Å². The third-order valence-corrected chi connectivity index (χ3v) is 3.68. The molecule has 0 spiro atoms. The first-order valence-corrected chi connectivity index (χ1v) is 6.85. The van der Waals surface area contributed by atoms with Crippen molar-refractivity contribution in [2.24, 2.45) is 5.92 Å². The first-order chi connectivity index (χ1) is 8.65. The zero-order valence-electron chi connectivity index (χ0n) is 11.8. The zero-order valence-corrected chi connectivity index (χ0v) is 11.8. The number of hydrogen-bond acceptors (Lipinski definition) is 3. The molecule has 0 aromatic heterocycles. The summed E-state index contributed by atoms with van der Waals surface area (Å²) in [6, 6.07) is 8.62. The maximum absolute atomic E-state index is 3.58. The number of likely N-dealkylation sites (tertiary alicyclic amines) is 1. The predicted octanol–water partition coefficient (Wildman–Crippen LogP) is 2.51. The van der Waals surface area contributed by atoms with E-state index in [0.717, 1.165) is 12.5 Å². The van der Waals surface area contributed by atoms with Crippen LogP contribution in [0.2, 0.25) is 0 Å². The van der Waals surface area contributed by atoms with E-state index in [9.17, 15) is 0 Å². The van der Waals surface area contributed by atoms with Gasteiger partial charge in [0.2, 0.25) is 0 Å². The fourth-order valence-electron chi connectivity index (χ4n) is 2.60. The van der Waals surface area contributed by atoms with Crippen LogP contribution in [0.1, 0.15) is 12.8 Å². The van der Waals surface area contributed by atoms with Crippen LogP contribution in [0.3, 0.4) is 0 Å². The molecule has 3 nitrogen and oxygen atoms in total. The molecule has 100 valence electrons. The van der Waals surface area contributed by atoms with Crippen molar-refractivity contribution in [3.8, 4) is 0 Å². The Hall–Kier alpha value is -1.22. The molecule has 3 heteroatoms. The lowest BCUT2D eigenvalue weighted by molar-refractivity contribution is 0.217. The van der Waals surface area contributed by atoms with E-state index < -0.39 is 0 Å².